The monoisotopic (exact) mass is 551 g/mol. The highest BCUT2D eigenvalue weighted by Gasteiger charge is 2.33. The van der Waals surface area contributed by atoms with Crippen molar-refractivity contribution in [3.05, 3.63) is 95.6 Å². The summed E-state index contributed by atoms with van der Waals surface area (Å²) in [5.74, 6) is -0.445. The Labute approximate surface area is 231 Å². The van der Waals surface area contributed by atoms with Crippen LogP contribution in [0.25, 0.3) is 0 Å². The molecule has 0 aliphatic rings. The van der Waals surface area contributed by atoms with Crippen molar-refractivity contribution >= 4 is 27.5 Å². The number of ether oxygens (including phenoxy) is 1. The molecule has 0 aliphatic carbocycles. The molecule has 3 aromatic rings. The topological polar surface area (TPSA) is 96.0 Å². The Morgan fingerprint density at radius 2 is 1.56 bits per heavy atom. The molecule has 0 fully saturated rings. The van der Waals surface area contributed by atoms with E-state index in [1.54, 1.807) is 31.2 Å². The number of likely N-dealkylation sites (N-methyl/N-ethyl adjacent to an activating group) is 1. The highest BCUT2D eigenvalue weighted by Crippen LogP contribution is 2.30. The van der Waals surface area contributed by atoms with Gasteiger partial charge in [0, 0.05) is 19.5 Å². The van der Waals surface area contributed by atoms with Crippen molar-refractivity contribution in [2.24, 2.45) is 0 Å². The number of anilines is 1. The summed E-state index contributed by atoms with van der Waals surface area (Å²) in [5, 5.41) is 2.86. The molecule has 1 N–H and O–H groups in total. The first-order valence-electron chi connectivity index (χ1n) is 13.0. The fourth-order valence-corrected chi connectivity index (χ4v) is 5.21. The van der Waals surface area contributed by atoms with Crippen LogP contribution in [0.4, 0.5) is 5.69 Å². The Balaban J connectivity index is 2.07. The van der Waals surface area contributed by atoms with Crippen LogP contribution < -0.4 is 14.4 Å². The molecule has 9 heteroatoms. The average molecular weight is 552 g/mol. The molecule has 39 heavy (non-hydrogen) atoms. The second-order valence-electron chi connectivity index (χ2n) is 9.22. The fraction of sp³-hybridized carbons (Fsp3) is 0.333. The number of aryl methyl sites for hydroxylation is 1. The molecular weight excluding hydrogens is 514 g/mol. The van der Waals surface area contributed by atoms with Crippen molar-refractivity contribution in [1.82, 2.24) is 10.2 Å². The van der Waals surface area contributed by atoms with E-state index in [1.807, 2.05) is 68.4 Å². The summed E-state index contributed by atoms with van der Waals surface area (Å²) in [6.45, 7) is 5.95. The number of sulfonamides is 1. The SMILES string of the molecule is CCNC(=O)C(Cc1ccccc1)N(Cc1ccccc1C)C(=O)CN(c1ccccc1OCC)S(C)(=O)=O. The number of carbonyl (C=O) groups excluding carboxylic acids is 2. The van der Waals surface area contributed by atoms with Gasteiger partial charge in [0.15, 0.2) is 0 Å². The molecule has 3 aromatic carbocycles. The van der Waals surface area contributed by atoms with Crippen LogP contribution in [0.1, 0.15) is 30.5 Å². The van der Waals surface area contributed by atoms with E-state index in [-0.39, 0.29) is 24.6 Å². The minimum Gasteiger partial charge on any atom is -0.492 e. The second kappa shape index (κ2) is 13.8. The third kappa shape index (κ3) is 8.07. The van der Waals surface area contributed by atoms with Gasteiger partial charge in [0.25, 0.3) is 0 Å². The molecule has 0 heterocycles. The summed E-state index contributed by atoms with van der Waals surface area (Å²) < 4.78 is 32.7. The van der Waals surface area contributed by atoms with Gasteiger partial charge >= 0.3 is 0 Å². The van der Waals surface area contributed by atoms with Gasteiger partial charge in [-0.05, 0) is 49.6 Å². The van der Waals surface area contributed by atoms with E-state index in [9.17, 15) is 18.0 Å². The molecule has 208 valence electrons. The van der Waals surface area contributed by atoms with Gasteiger partial charge in [0.1, 0.15) is 18.3 Å². The zero-order valence-electron chi connectivity index (χ0n) is 23.0. The molecule has 3 rings (SSSR count). The number of nitrogens with one attached hydrogen (secondary N) is 1. The molecule has 0 radical (unpaired) electrons. The maximum absolute atomic E-state index is 14.1. The third-order valence-electron chi connectivity index (χ3n) is 6.34. The smallest absolute Gasteiger partial charge is 0.244 e. The van der Waals surface area contributed by atoms with Crippen LogP contribution in [0.15, 0.2) is 78.9 Å². The van der Waals surface area contributed by atoms with Crippen molar-refractivity contribution in [2.75, 3.05) is 30.3 Å². The van der Waals surface area contributed by atoms with E-state index in [1.165, 1.54) is 4.90 Å². The second-order valence-corrected chi connectivity index (χ2v) is 11.1. The van der Waals surface area contributed by atoms with Crippen LogP contribution in [0.5, 0.6) is 5.75 Å². The van der Waals surface area contributed by atoms with Gasteiger partial charge in [0.05, 0.1) is 18.6 Å². The van der Waals surface area contributed by atoms with Gasteiger partial charge in [-0.2, -0.15) is 0 Å². The summed E-state index contributed by atoms with van der Waals surface area (Å²) in [6.07, 6.45) is 1.33. The lowest BCUT2D eigenvalue weighted by Gasteiger charge is -2.34. The van der Waals surface area contributed by atoms with Gasteiger partial charge in [-0.3, -0.25) is 13.9 Å². The van der Waals surface area contributed by atoms with Crippen LogP contribution >= 0.6 is 0 Å². The number of amides is 2. The van der Waals surface area contributed by atoms with Gasteiger partial charge in [0.2, 0.25) is 21.8 Å². The minimum atomic E-state index is -3.88. The maximum atomic E-state index is 14.1. The predicted octanol–water partition coefficient (Wildman–Crippen LogP) is 3.94. The van der Waals surface area contributed by atoms with E-state index in [2.05, 4.69) is 5.32 Å². The zero-order valence-corrected chi connectivity index (χ0v) is 23.8. The van der Waals surface area contributed by atoms with E-state index < -0.39 is 28.5 Å². The van der Waals surface area contributed by atoms with E-state index in [0.29, 0.717) is 18.9 Å². The normalized spacial score (nSPS) is 11.9. The molecule has 0 saturated heterocycles. The highest BCUT2D eigenvalue weighted by molar-refractivity contribution is 7.92. The molecule has 1 atom stereocenters. The van der Waals surface area contributed by atoms with Crippen LogP contribution in [-0.4, -0.2) is 57.1 Å². The Kier molecular flexibility index (Phi) is 10.5. The van der Waals surface area contributed by atoms with Crippen LogP contribution in [-0.2, 0) is 32.6 Å². The van der Waals surface area contributed by atoms with Crippen molar-refractivity contribution in [2.45, 2.75) is 39.8 Å². The minimum absolute atomic E-state index is 0.144. The van der Waals surface area contributed by atoms with Crippen LogP contribution in [0, 0.1) is 6.92 Å². The van der Waals surface area contributed by atoms with Crippen molar-refractivity contribution in [1.29, 1.82) is 0 Å². The first-order valence-corrected chi connectivity index (χ1v) is 14.9. The van der Waals surface area contributed by atoms with Crippen molar-refractivity contribution in [3.8, 4) is 5.75 Å². The predicted molar refractivity (Wildman–Crippen MR) is 154 cm³/mol. The lowest BCUT2D eigenvalue weighted by Crippen LogP contribution is -2.53. The largest absolute Gasteiger partial charge is 0.492 e. The molecule has 0 aliphatic heterocycles. The third-order valence-corrected chi connectivity index (χ3v) is 7.46. The summed E-state index contributed by atoms with van der Waals surface area (Å²) in [7, 11) is -3.88. The number of hydrogen-bond donors (Lipinski definition) is 1. The summed E-state index contributed by atoms with van der Waals surface area (Å²) in [6, 6.07) is 23.0. The Morgan fingerprint density at radius 1 is 0.923 bits per heavy atom. The molecule has 8 nitrogen and oxygen atoms in total. The summed E-state index contributed by atoms with van der Waals surface area (Å²) in [4.78, 5) is 29.0. The van der Waals surface area contributed by atoms with E-state index >= 15 is 0 Å². The quantitative estimate of drug-likeness (QED) is 0.347. The van der Waals surface area contributed by atoms with Gasteiger partial charge < -0.3 is 15.0 Å². The van der Waals surface area contributed by atoms with Gasteiger partial charge in [-0.15, -0.1) is 0 Å². The van der Waals surface area contributed by atoms with Crippen molar-refractivity contribution in [3.63, 3.8) is 0 Å². The molecule has 1 unspecified atom stereocenters. The maximum Gasteiger partial charge on any atom is 0.244 e. The van der Waals surface area contributed by atoms with Crippen LogP contribution in [0.3, 0.4) is 0 Å². The summed E-state index contributed by atoms with van der Waals surface area (Å²) in [5.41, 5.74) is 2.99. The van der Waals surface area contributed by atoms with E-state index in [4.69, 9.17) is 4.74 Å². The van der Waals surface area contributed by atoms with Gasteiger partial charge in [-0.1, -0.05) is 66.7 Å². The lowest BCUT2D eigenvalue weighted by molar-refractivity contribution is -0.140. The number of para-hydroxylation sites is 2. The molecular formula is C30H37N3O5S. The van der Waals surface area contributed by atoms with Gasteiger partial charge in [-0.25, -0.2) is 8.42 Å². The van der Waals surface area contributed by atoms with E-state index in [0.717, 1.165) is 27.3 Å². The number of benzene rings is 3. The number of hydrogen-bond acceptors (Lipinski definition) is 5. The Bertz CT molecular complexity index is 1360. The first-order chi connectivity index (χ1) is 18.7. The molecule has 2 amide bonds. The Morgan fingerprint density at radius 3 is 2.21 bits per heavy atom. The molecule has 0 spiro atoms. The number of carbonyl (C=O) groups is 2. The number of nitrogens with zero attached hydrogens (tertiary/aromatic N) is 2. The fourth-order valence-electron chi connectivity index (χ4n) is 4.35. The molecule has 0 saturated carbocycles. The standard InChI is InChI=1S/C30H37N3O5S/c1-5-31-30(35)27(20-24-15-8-7-9-16-24)32(21-25-17-11-10-14-23(25)3)29(34)22-33(39(4,36)37)26-18-12-13-19-28(26)38-6-2/h7-19,27H,5-6,20-22H2,1-4H3,(H,31,35). The zero-order chi connectivity index (χ0) is 28.4. The van der Waals surface area contributed by atoms with Crippen molar-refractivity contribution < 1.29 is 22.7 Å². The van der Waals surface area contributed by atoms with Crippen LogP contribution in [0.2, 0.25) is 0 Å². The molecule has 0 bridgehead atoms. The number of rotatable bonds is 13. The Hall–Kier alpha value is -3.85. The molecule has 0 aromatic heterocycles. The first kappa shape index (κ1) is 29.7. The average Bonchev–Trinajstić information content (AvgIpc) is 2.91. The lowest BCUT2D eigenvalue weighted by atomic mass is 10.0. The summed E-state index contributed by atoms with van der Waals surface area (Å²) >= 11 is 0. The highest BCUT2D eigenvalue weighted by atomic mass is 32.2.